The first-order valence-electron chi connectivity index (χ1n) is 10.0. The molecule has 1 aromatic rings. The molecular weight excluding hydrogens is 489 g/mol. The number of guanidine groups is 1. The molecule has 0 spiro atoms. The summed E-state index contributed by atoms with van der Waals surface area (Å²) in [5.74, 6) is -0.179. The molecule has 8 heteroatoms. The van der Waals surface area contributed by atoms with Gasteiger partial charge in [0.15, 0.2) is 5.96 Å². The normalized spacial score (nSPS) is 20.6. The Labute approximate surface area is 189 Å². The van der Waals surface area contributed by atoms with Gasteiger partial charge in [0.25, 0.3) is 0 Å². The van der Waals surface area contributed by atoms with Gasteiger partial charge in [-0.2, -0.15) is 0 Å². The molecule has 0 saturated carbocycles. The molecule has 2 aliphatic heterocycles. The van der Waals surface area contributed by atoms with Crippen molar-refractivity contribution in [2.75, 3.05) is 39.9 Å². The molecule has 1 atom stereocenters. The van der Waals surface area contributed by atoms with E-state index in [2.05, 4.69) is 26.6 Å². The lowest BCUT2D eigenvalue weighted by atomic mass is 10.0. The summed E-state index contributed by atoms with van der Waals surface area (Å²) in [4.78, 5) is 6.41. The van der Waals surface area contributed by atoms with Gasteiger partial charge in [0, 0.05) is 38.3 Å². The van der Waals surface area contributed by atoms with E-state index in [0.717, 1.165) is 57.9 Å². The Bertz CT molecular complexity index is 694. The minimum atomic E-state index is -0.477. The van der Waals surface area contributed by atoms with Gasteiger partial charge in [-0.1, -0.05) is 17.7 Å². The van der Waals surface area contributed by atoms with Crippen LogP contribution in [0, 0.1) is 11.6 Å². The lowest BCUT2D eigenvalue weighted by Gasteiger charge is -2.34. The summed E-state index contributed by atoms with van der Waals surface area (Å²) < 4.78 is 33.2. The van der Waals surface area contributed by atoms with Crippen LogP contribution in [-0.4, -0.2) is 56.8 Å². The van der Waals surface area contributed by atoms with Gasteiger partial charge in [-0.25, -0.2) is 8.78 Å². The predicted molar refractivity (Wildman–Crippen MR) is 123 cm³/mol. The number of likely N-dealkylation sites (tertiary alicyclic amines) is 1. The SMILES string of the molecule is CN=C(NCCC1=CCOCC1)NC1CCCN(Cc2c(F)cccc2F)C1.I. The summed E-state index contributed by atoms with van der Waals surface area (Å²) in [7, 11) is 1.76. The van der Waals surface area contributed by atoms with Crippen molar-refractivity contribution in [3.63, 3.8) is 0 Å². The fourth-order valence-corrected chi connectivity index (χ4v) is 3.75. The second kappa shape index (κ2) is 12.4. The minimum Gasteiger partial charge on any atom is -0.377 e. The number of nitrogens with one attached hydrogen (secondary N) is 2. The second-order valence-electron chi connectivity index (χ2n) is 7.36. The van der Waals surface area contributed by atoms with Crippen molar-refractivity contribution < 1.29 is 13.5 Å². The molecule has 1 unspecified atom stereocenters. The molecule has 3 rings (SSSR count). The van der Waals surface area contributed by atoms with Crippen molar-refractivity contribution >= 4 is 29.9 Å². The van der Waals surface area contributed by atoms with Crippen molar-refractivity contribution in [1.82, 2.24) is 15.5 Å². The molecule has 0 radical (unpaired) electrons. The average Bonchev–Trinajstić information content (AvgIpc) is 2.71. The maximum Gasteiger partial charge on any atom is 0.191 e. The quantitative estimate of drug-likeness (QED) is 0.261. The largest absolute Gasteiger partial charge is 0.377 e. The maximum absolute atomic E-state index is 13.9. The Morgan fingerprint density at radius 2 is 2.10 bits per heavy atom. The Balaban J connectivity index is 0.00000300. The molecule has 0 amide bonds. The Kier molecular flexibility index (Phi) is 10.3. The monoisotopic (exact) mass is 520 g/mol. The molecule has 2 heterocycles. The van der Waals surface area contributed by atoms with Crippen molar-refractivity contribution in [2.45, 2.75) is 38.3 Å². The van der Waals surface area contributed by atoms with Crippen LogP contribution in [0.5, 0.6) is 0 Å². The van der Waals surface area contributed by atoms with Crippen LogP contribution in [0.15, 0.2) is 34.8 Å². The van der Waals surface area contributed by atoms with Gasteiger partial charge in [0.2, 0.25) is 0 Å². The minimum absolute atomic E-state index is 0. The highest BCUT2D eigenvalue weighted by Crippen LogP contribution is 2.18. The van der Waals surface area contributed by atoms with Crippen molar-refractivity contribution in [1.29, 1.82) is 0 Å². The summed E-state index contributed by atoms with van der Waals surface area (Å²) in [5.41, 5.74) is 1.57. The highest BCUT2D eigenvalue weighted by Gasteiger charge is 2.22. The summed E-state index contributed by atoms with van der Waals surface area (Å²) in [6, 6.07) is 4.24. The van der Waals surface area contributed by atoms with Gasteiger partial charge < -0.3 is 15.4 Å². The first-order chi connectivity index (χ1) is 13.7. The van der Waals surface area contributed by atoms with Crippen LogP contribution in [0.2, 0.25) is 0 Å². The Hall–Kier alpha value is -1.26. The molecule has 0 aromatic heterocycles. The zero-order valence-electron chi connectivity index (χ0n) is 16.9. The molecule has 29 heavy (non-hydrogen) atoms. The highest BCUT2D eigenvalue weighted by molar-refractivity contribution is 14.0. The fraction of sp³-hybridized carbons (Fsp3) is 0.571. The lowest BCUT2D eigenvalue weighted by molar-refractivity contribution is 0.153. The lowest BCUT2D eigenvalue weighted by Crippen LogP contribution is -2.51. The Morgan fingerprint density at radius 3 is 2.79 bits per heavy atom. The van der Waals surface area contributed by atoms with E-state index in [-0.39, 0.29) is 35.6 Å². The number of hydrogen-bond acceptors (Lipinski definition) is 3. The number of nitrogens with zero attached hydrogens (tertiary/aromatic N) is 2. The van der Waals surface area contributed by atoms with E-state index in [4.69, 9.17) is 4.74 Å². The molecule has 5 nitrogen and oxygen atoms in total. The molecule has 0 bridgehead atoms. The van der Waals surface area contributed by atoms with E-state index in [1.807, 2.05) is 0 Å². The van der Waals surface area contributed by atoms with Gasteiger partial charge in [-0.3, -0.25) is 9.89 Å². The fourth-order valence-electron chi connectivity index (χ4n) is 3.75. The summed E-state index contributed by atoms with van der Waals surface area (Å²) >= 11 is 0. The van der Waals surface area contributed by atoms with Crippen LogP contribution >= 0.6 is 24.0 Å². The number of halogens is 3. The first kappa shape index (κ1) is 24.0. The molecule has 2 N–H and O–H groups in total. The third-order valence-electron chi connectivity index (χ3n) is 5.31. The zero-order chi connectivity index (χ0) is 19.8. The number of aliphatic imine (C=N–C) groups is 1. The van der Waals surface area contributed by atoms with Gasteiger partial charge in [-0.05, 0) is 44.4 Å². The standard InChI is InChI=1S/C21H30F2N4O.HI/c1-24-21(25-10-7-16-8-12-28-13-9-16)26-17-4-3-11-27(14-17)15-18-19(22)5-2-6-20(18)23;/h2,5-6,8,17H,3-4,7,9-15H2,1H3,(H2,24,25,26);1H. The number of hydrogen-bond donors (Lipinski definition) is 2. The zero-order valence-corrected chi connectivity index (χ0v) is 19.3. The van der Waals surface area contributed by atoms with Crippen LogP contribution in [0.4, 0.5) is 8.78 Å². The molecule has 162 valence electrons. The number of piperidine rings is 1. The van der Waals surface area contributed by atoms with Crippen molar-refractivity contribution in [3.05, 3.63) is 47.0 Å². The van der Waals surface area contributed by atoms with Gasteiger partial charge in [0.1, 0.15) is 11.6 Å². The molecule has 2 aliphatic rings. The smallest absolute Gasteiger partial charge is 0.191 e. The van der Waals surface area contributed by atoms with E-state index >= 15 is 0 Å². The number of rotatable bonds is 6. The van der Waals surface area contributed by atoms with Crippen LogP contribution in [0.25, 0.3) is 0 Å². The summed E-state index contributed by atoms with van der Waals surface area (Å²) in [5, 5.41) is 6.82. The van der Waals surface area contributed by atoms with Gasteiger partial charge >= 0.3 is 0 Å². The average molecular weight is 520 g/mol. The van der Waals surface area contributed by atoms with Crippen LogP contribution in [-0.2, 0) is 11.3 Å². The van der Waals surface area contributed by atoms with E-state index in [0.29, 0.717) is 13.2 Å². The molecular formula is C21H31F2IN4O. The van der Waals surface area contributed by atoms with Crippen molar-refractivity contribution in [3.8, 4) is 0 Å². The topological polar surface area (TPSA) is 48.9 Å². The van der Waals surface area contributed by atoms with E-state index < -0.39 is 11.6 Å². The van der Waals surface area contributed by atoms with Crippen molar-refractivity contribution in [2.24, 2.45) is 4.99 Å². The molecule has 0 aliphatic carbocycles. The Morgan fingerprint density at radius 1 is 1.31 bits per heavy atom. The van der Waals surface area contributed by atoms with E-state index in [1.165, 1.54) is 23.8 Å². The van der Waals surface area contributed by atoms with Crippen LogP contribution < -0.4 is 10.6 Å². The maximum atomic E-state index is 13.9. The molecule has 1 fully saturated rings. The molecule has 1 saturated heterocycles. The highest BCUT2D eigenvalue weighted by atomic mass is 127. The van der Waals surface area contributed by atoms with Gasteiger partial charge in [-0.15, -0.1) is 24.0 Å². The third kappa shape index (κ3) is 7.49. The second-order valence-corrected chi connectivity index (χ2v) is 7.36. The van der Waals surface area contributed by atoms with E-state index in [1.54, 1.807) is 7.05 Å². The molecule has 1 aromatic carbocycles. The first-order valence-corrected chi connectivity index (χ1v) is 10.0. The van der Waals surface area contributed by atoms with Gasteiger partial charge in [0.05, 0.1) is 13.2 Å². The summed E-state index contributed by atoms with van der Waals surface area (Å²) in [6.07, 6.45) is 6.13. The number of benzene rings is 1. The van der Waals surface area contributed by atoms with Crippen LogP contribution in [0.1, 0.15) is 31.2 Å². The van der Waals surface area contributed by atoms with Crippen LogP contribution in [0.3, 0.4) is 0 Å². The predicted octanol–water partition coefficient (Wildman–Crippen LogP) is 3.45. The van der Waals surface area contributed by atoms with E-state index in [9.17, 15) is 8.78 Å². The summed E-state index contributed by atoms with van der Waals surface area (Å²) in [6.45, 7) is 4.20. The third-order valence-corrected chi connectivity index (χ3v) is 5.31. The number of ether oxygens (including phenoxy) is 1.